The lowest BCUT2D eigenvalue weighted by atomic mass is 10.2. The summed E-state index contributed by atoms with van der Waals surface area (Å²) in [5, 5.41) is 2.74. The molecule has 94 valence electrons. The Morgan fingerprint density at radius 3 is 2.75 bits per heavy atom. The zero-order chi connectivity index (χ0) is 12.2. The minimum Gasteiger partial charge on any atom is -0.393 e. The number of thiocarbonyl (C=S) groups is 1. The summed E-state index contributed by atoms with van der Waals surface area (Å²) in [6.07, 6.45) is 2.51. The SMILES string of the molecule is COCCOCC(=O)NCCCCC(N)=S. The van der Waals surface area contributed by atoms with Gasteiger partial charge in [-0.25, -0.2) is 0 Å². The number of carbonyl (C=O) groups excluding carboxylic acids is 1. The van der Waals surface area contributed by atoms with Gasteiger partial charge in [0.2, 0.25) is 5.91 Å². The first kappa shape index (κ1) is 15.3. The van der Waals surface area contributed by atoms with Crippen LogP contribution in [0.5, 0.6) is 0 Å². The molecule has 0 saturated carbocycles. The van der Waals surface area contributed by atoms with Gasteiger partial charge < -0.3 is 20.5 Å². The Morgan fingerprint density at radius 2 is 2.12 bits per heavy atom. The number of hydrogen-bond acceptors (Lipinski definition) is 4. The van der Waals surface area contributed by atoms with Crippen LogP contribution >= 0.6 is 12.2 Å². The summed E-state index contributed by atoms with van der Waals surface area (Å²) in [5.74, 6) is -0.105. The van der Waals surface area contributed by atoms with Crippen molar-refractivity contribution in [2.45, 2.75) is 19.3 Å². The molecule has 0 saturated heterocycles. The monoisotopic (exact) mass is 248 g/mol. The molecule has 0 spiro atoms. The maximum atomic E-state index is 11.2. The molecule has 0 aliphatic carbocycles. The second-order valence-corrected chi connectivity index (χ2v) is 3.84. The van der Waals surface area contributed by atoms with Crippen molar-refractivity contribution in [2.24, 2.45) is 5.73 Å². The van der Waals surface area contributed by atoms with Gasteiger partial charge in [-0.15, -0.1) is 0 Å². The molecular weight excluding hydrogens is 228 g/mol. The van der Waals surface area contributed by atoms with E-state index in [0.717, 1.165) is 19.3 Å². The number of carbonyl (C=O) groups is 1. The molecule has 0 aromatic carbocycles. The highest BCUT2D eigenvalue weighted by Crippen LogP contribution is 1.93. The minimum atomic E-state index is -0.105. The topological polar surface area (TPSA) is 73.6 Å². The number of hydrogen-bond donors (Lipinski definition) is 2. The van der Waals surface area contributed by atoms with E-state index in [1.54, 1.807) is 7.11 Å². The van der Waals surface area contributed by atoms with Crippen molar-refractivity contribution >= 4 is 23.1 Å². The van der Waals surface area contributed by atoms with Crippen LogP contribution in [-0.4, -0.2) is 44.4 Å². The quantitative estimate of drug-likeness (QED) is 0.427. The normalized spacial score (nSPS) is 10.1. The molecule has 0 aliphatic heterocycles. The fourth-order valence-corrected chi connectivity index (χ4v) is 1.15. The molecule has 0 aliphatic rings. The summed E-state index contributed by atoms with van der Waals surface area (Å²) in [6, 6.07) is 0. The highest BCUT2D eigenvalue weighted by atomic mass is 32.1. The molecule has 0 unspecified atom stereocenters. The predicted octanol–water partition coefficient (Wildman–Crippen LogP) is 0.222. The van der Waals surface area contributed by atoms with E-state index in [0.29, 0.717) is 24.7 Å². The average Bonchev–Trinajstić information content (AvgIpc) is 2.23. The highest BCUT2D eigenvalue weighted by Gasteiger charge is 2.00. The van der Waals surface area contributed by atoms with Crippen molar-refractivity contribution in [1.29, 1.82) is 0 Å². The van der Waals surface area contributed by atoms with E-state index < -0.39 is 0 Å². The van der Waals surface area contributed by atoms with Crippen LogP contribution in [0.15, 0.2) is 0 Å². The Bertz CT molecular complexity index is 212. The number of nitrogens with two attached hydrogens (primary N) is 1. The molecule has 0 rings (SSSR count). The molecule has 5 nitrogen and oxygen atoms in total. The van der Waals surface area contributed by atoms with Crippen molar-refractivity contribution in [1.82, 2.24) is 5.32 Å². The Kier molecular flexibility index (Phi) is 10.3. The molecule has 3 N–H and O–H groups in total. The molecule has 6 heteroatoms. The van der Waals surface area contributed by atoms with Crippen LogP contribution in [-0.2, 0) is 14.3 Å². The smallest absolute Gasteiger partial charge is 0.245 e. The fourth-order valence-electron chi connectivity index (χ4n) is 1.01. The summed E-state index contributed by atoms with van der Waals surface area (Å²) in [4.78, 5) is 11.7. The molecule has 1 amide bonds. The van der Waals surface area contributed by atoms with Gasteiger partial charge in [0.05, 0.1) is 18.2 Å². The van der Waals surface area contributed by atoms with E-state index >= 15 is 0 Å². The van der Waals surface area contributed by atoms with Crippen molar-refractivity contribution in [3.05, 3.63) is 0 Å². The molecule has 0 aromatic rings. The van der Waals surface area contributed by atoms with Crippen LogP contribution < -0.4 is 11.1 Å². The number of ether oxygens (including phenoxy) is 2. The minimum absolute atomic E-state index is 0.0820. The lowest BCUT2D eigenvalue weighted by Crippen LogP contribution is -2.29. The van der Waals surface area contributed by atoms with Gasteiger partial charge >= 0.3 is 0 Å². The third kappa shape index (κ3) is 11.4. The Balaban J connectivity index is 3.20. The van der Waals surface area contributed by atoms with E-state index in [9.17, 15) is 4.79 Å². The van der Waals surface area contributed by atoms with Gasteiger partial charge in [0.25, 0.3) is 0 Å². The third-order valence-corrected chi connectivity index (χ3v) is 2.04. The molecule has 0 aromatic heterocycles. The molecule has 0 radical (unpaired) electrons. The first-order valence-electron chi connectivity index (χ1n) is 5.28. The average molecular weight is 248 g/mol. The summed E-state index contributed by atoms with van der Waals surface area (Å²) in [6.45, 7) is 1.65. The van der Waals surface area contributed by atoms with Crippen LogP contribution in [0, 0.1) is 0 Å². The second-order valence-electron chi connectivity index (χ2n) is 3.32. The van der Waals surface area contributed by atoms with Gasteiger partial charge in [0.15, 0.2) is 0 Å². The number of amides is 1. The Hall–Kier alpha value is -0.720. The number of unbranched alkanes of at least 4 members (excludes halogenated alkanes) is 1. The van der Waals surface area contributed by atoms with Gasteiger partial charge in [0.1, 0.15) is 6.61 Å². The first-order valence-corrected chi connectivity index (χ1v) is 5.69. The summed E-state index contributed by atoms with van der Waals surface area (Å²) < 4.78 is 9.83. The second kappa shape index (κ2) is 10.8. The lowest BCUT2D eigenvalue weighted by Gasteiger charge is -2.05. The van der Waals surface area contributed by atoms with Crippen LogP contribution in [0.25, 0.3) is 0 Å². The molecule has 0 fully saturated rings. The molecule has 0 heterocycles. The van der Waals surface area contributed by atoms with E-state index in [1.807, 2.05) is 0 Å². The zero-order valence-electron chi connectivity index (χ0n) is 9.66. The van der Waals surface area contributed by atoms with Gasteiger partial charge in [-0.2, -0.15) is 0 Å². The summed E-state index contributed by atoms with van der Waals surface area (Å²) in [5.41, 5.74) is 5.34. The number of nitrogens with one attached hydrogen (secondary N) is 1. The van der Waals surface area contributed by atoms with Gasteiger partial charge in [0, 0.05) is 13.7 Å². The van der Waals surface area contributed by atoms with E-state index in [2.05, 4.69) is 5.32 Å². The highest BCUT2D eigenvalue weighted by molar-refractivity contribution is 7.80. The molecular formula is C10H20N2O3S. The lowest BCUT2D eigenvalue weighted by molar-refractivity contribution is -0.126. The first-order chi connectivity index (χ1) is 7.66. The van der Waals surface area contributed by atoms with Crippen LogP contribution in [0.2, 0.25) is 0 Å². The van der Waals surface area contributed by atoms with Gasteiger partial charge in [-0.1, -0.05) is 12.2 Å². The summed E-state index contributed by atoms with van der Waals surface area (Å²) >= 11 is 4.74. The maximum Gasteiger partial charge on any atom is 0.245 e. The number of methoxy groups -OCH3 is 1. The molecule has 0 atom stereocenters. The Morgan fingerprint density at radius 1 is 1.38 bits per heavy atom. The molecule has 0 bridgehead atoms. The standard InChI is InChI=1S/C10H20N2O3S/c1-14-6-7-15-8-10(13)12-5-3-2-4-9(11)16/h2-8H2,1H3,(H2,11,16)(H,12,13). The third-order valence-electron chi connectivity index (χ3n) is 1.84. The number of rotatable bonds is 10. The van der Waals surface area contributed by atoms with Crippen molar-refractivity contribution in [3.8, 4) is 0 Å². The fraction of sp³-hybridized carbons (Fsp3) is 0.800. The zero-order valence-corrected chi connectivity index (χ0v) is 10.5. The van der Waals surface area contributed by atoms with Crippen LogP contribution in [0.4, 0.5) is 0 Å². The Labute approximate surface area is 102 Å². The van der Waals surface area contributed by atoms with E-state index in [4.69, 9.17) is 27.4 Å². The van der Waals surface area contributed by atoms with Crippen LogP contribution in [0.3, 0.4) is 0 Å². The van der Waals surface area contributed by atoms with Crippen molar-refractivity contribution in [2.75, 3.05) is 33.5 Å². The van der Waals surface area contributed by atoms with E-state index in [1.165, 1.54) is 0 Å². The van der Waals surface area contributed by atoms with Gasteiger partial charge in [-0.05, 0) is 19.3 Å². The van der Waals surface area contributed by atoms with Crippen molar-refractivity contribution in [3.63, 3.8) is 0 Å². The van der Waals surface area contributed by atoms with E-state index in [-0.39, 0.29) is 12.5 Å². The largest absolute Gasteiger partial charge is 0.393 e. The van der Waals surface area contributed by atoms with Crippen LogP contribution in [0.1, 0.15) is 19.3 Å². The maximum absolute atomic E-state index is 11.2. The molecule has 16 heavy (non-hydrogen) atoms. The van der Waals surface area contributed by atoms with Gasteiger partial charge in [-0.3, -0.25) is 4.79 Å². The predicted molar refractivity (Wildman–Crippen MR) is 66.3 cm³/mol. The van der Waals surface area contributed by atoms with Crippen molar-refractivity contribution < 1.29 is 14.3 Å². The summed E-state index contributed by atoms with van der Waals surface area (Å²) in [7, 11) is 1.59.